The molecule has 23 heavy (non-hydrogen) atoms. The fourth-order valence-electron chi connectivity index (χ4n) is 2.13. The van der Waals surface area contributed by atoms with E-state index in [1.165, 1.54) is 6.07 Å². The van der Waals surface area contributed by atoms with Crippen molar-refractivity contribution in [3.8, 4) is 0 Å². The molecule has 0 heterocycles. The van der Waals surface area contributed by atoms with Crippen molar-refractivity contribution in [1.29, 1.82) is 0 Å². The van der Waals surface area contributed by atoms with Gasteiger partial charge in [0, 0.05) is 27.7 Å². The third kappa shape index (κ3) is 5.23. The Labute approximate surface area is 144 Å². The van der Waals surface area contributed by atoms with Crippen molar-refractivity contribution in [3.63, 3.8) is 0 Å². The molecule has 0 saturated heterocycles. The molecule has 122 valence electrons. The Balaban J connectivity index is 1.91. The Morgan fingerprint density at radius 3 is 2.57 bits per heavy atom. The maximum absolute atomic E-state index is 13.8. The first-order chi connectivity index (χ1) is 11.0. The number of thioether (sulfide) groups is 1. The molecule has 1 N–H and O–H groups in total. The van der Waals surface area contributed by atoms with Crippen molar-refractivity contribution in [2.45, 2.75) is 11.4 Å². The zero-order valence-electron chi connectivity index (χ0n) is 13.0. The monoisotopic (exact) mass is 352 g/mol. The first kappa shape index (κ1) is 17.8. The van der Waals surface area contributed by atoms with Crippen LogP contribution in [-0.4, -0.2) is 30.7 Å². The van der Waals surface area contributed by atoms with Crippen LogP contribution in [0, 0.1) is 5.82 Å². The molecule has 0 aliphatic rings. The lowest BCUT2D eigenvalue weighted by molar-refractivity contribution is -0.117. The van der Waals surface area contributed by atoms with Gasteiger partial charge in [-0.15, -0.1) is 11.8 Å². The molecule has 0 atom stereocenters. The molecule has 0 saturated carbocycles. The second-order valence-corrected chi connectivity index (χ2v) is 6.44. The molecule has 0 aliphatic carbocycles. The molecule has 2 aromatic carbocycles. The van der Waals surface area contributed by atoms with E-state index < -0.39 is 0 Å². The predicted molar refractivity (Wildman–Crippen MR) is 94.6 cm³/mol. The molecule has 1 amide bonds. The van der Waals surface area contributed by atoms with E-state index in [0.717, 1.165) is 10.6 Å². The van der Waals surface area contributed by atoms with Crippen LogP contribution >= 0.6 is 23.4 Å². The van der Waals surface area contributed by atoms with Gasteiger partial charge in [0.25, 0.3) is 0 Å². The van der Waals surface area contributed by atoms with Gasteiger partial charge in [0.15, 0.2) is 0 Å². The Bertz CT molecular complexity index is 659. The predicted octanol–water partition coefficient (Wildman–Crippen LogP) is 4.27. The van der Waals surface area contributed by atoms with E-state index in [4.69, 9.17) is 11.6 Å². The molecule has 2 aromatic rings. The lowest BCUT2D eigenvalue weighted by atomic mass is 10.2. The van der Waals surface area contributed by atoms with E-state index in [9.17, 15) is 9.18 Å². The summed E-state index contributed by atoms with van der Waals surface area (Å²) in [7, 11) is 1.75. The molecule has 0 spiro atoms. The fraction of sp³-hybridized carbons (Fsp3) is 0.235. The molecule has 0 unspecified atom stereocenters. The normalized spacial score (nSPS) is 10.8. The Morgan fingerprint density at radius 1 is 1.26 bits per heavy atom. The molecule has 6 heteroatoms. The number of hydrogen-bond donors (Lipinski definition) is 1. The highest BCUT2D eigenvalue weighted by molar-refractivity contribution is 7.98. The summed E-state index contributed by atoms with van der Waals surface area (Å²) in [6.07, 6.45) is 2.00. The quantitative estimate of drug-likeness (QED) is 0.788. The van der Waals surface area contributed by atoms with Crippen molar-refractivity contribution < 1.29 is 9.18 Å². The molecule has 2 rings (SSSR count). The number of anilines is 1. The highest BCUT2D eigenvalue weighted by atomic mass is 35.5. The molecule has 0 radical (unpaired) electrons. The number of halogens is 2. The Hall–Kier alpha value is -1.56. The van der Waals surface area contributed by atoms with Gasteiger partial charge in [0.1, 0.15) is 5.82 Å². The maximum atomic E-state index is 13.8. The van der Waals surface area contributed by atoms with Crippen LogP contribution in [0.15, 0.2) is 47.4 Å². The van der Waals surface area contributed by atoms with Gasteiger partial charge in [0.05, 0.1) is 6.54 Å². The fourth-order valence-corrected chi connectivity index (χ4v) is 2.76. The van der Waals surface area contributed by atoms with E-state index in [2.05, 4.69) is 5.32 Å². The molecular weight excluding hydrogens is 335 g/mol. The number of carbonyl (C=O) groups is 1. The van der Waals surface area contributed by atoms with Crippen LogP contribution in [0.1, 0.15) is 5.56 Å². The van der Waals surface area contributed by atoms with Gasteiger partial charge in [-0.05, 0) is 49.7 Å². The van der Waals surface area contributed by atoms with Gasteiger partial charge in [-0.25, -0.2) is 4.39 Å². The average Bonchev–Trinajstić information content (AvgIpc) is 2.51. The summed E-state index contributed by atoms with van der Waals surface area (Å²) in [6.45, 7) is 0.416. The zero-order valence-corrected chi connectivity index (χ0v) is 14.5. The molecule has 3 nitrogen and oxygen atoms in total. The topological polar surface area (TPSA) is 32.3 Å². The number of nitrogens with zero attached hydrogens (tertiary/aromatic N) is 1. The van der Waals surface area contributed by atoms with Crippen LogP contribution in [-0.2, 0) is 11.3 Å². The number of nitrogens with one attached hydrogen (secondary N) is 1. The number of hydrogen-bond acceptors (Lipinski definition) is 3. The van der Waals surface area contributed by atoms with Crippen LogP contribution in [0.3, 0.4) is 0 Å². The summed E-state index contributed by atoms with van der Waals surface area (Å²) in [5.74, 6) is -0.519. The largest absolute Gasteiger partial charge is 0.325 e. The van der Waals surface area contributed by atoms with E-state index in [1.54, 1.807) is 35.8 Å². The maximum Gasteiger partial charge on any atom is 0.238 e. The van der Waals surface area contributed by atoms with Gasteiger partial charge in [-0.2, -0.15) is 0 Å². The first-order valence-electron chi connectivity index (χ1n) is 7.05. The summed E-state index contributed by atoms with van der Waals surface area (Å²) in [5, 5.41) is 3.19. The standard InChI is InChI=1S/C17H18ClFN2OS/c1-21(10-14-15(18)4-3-5-16(14)19)11-17(22)20-12-6-8-13(23-2)9-7-12/h3-9H,10-11H2,1-2H3,(H,20,22). The van der Waals surface area contributed by atoms with Crippen molar-refractivity contribution in [3.05, 3.63) is 58.9 Å². The van der Waals surface area contributed by atoms with Crippen LogP contribution in [0.25, 0.3) is 0 Å². The lowest BCUT2D eigenvalue weighted by Gasteiger charge is -2.17. The first-order valence-corrected chi connectivity index (χ1v) is 8.65. The third-order valence-electron chi connectivity index (χ3n) is 3.28. The minimum absolute atomic E-state index is 0.148. The van der Waals surface area contributed by atoms with Crippen molar-refractivity contribution in [2.75, 3.05) is 25.2 Å². The number of likely N-dealkylation sites (N-methyl/N-ethyl adjacent to an activating group) is 1. The van der Waals surface area contributed by atoms with Crippen LogP contribution in [0.4, 0.5) is 10.1 Å². The third-order valence-corrected chi connectivity index (χ3v) is 4.37. The van der Waals surface area contributed by atoms with Crippen LogP contribution in [0.2, 0.25) is 5.02 Å². The van der Waals surface area contributed by atoms with Gasteiger partial charge < -0.3 is 5.32 Å². The van der Waals surface area contributed by atoms with E-state index in [1.807, 2.05) is 30.5 Å². The average molecular weight is 353 g/mol. The summed E-state index contributed by atoms with van der Waals surface area (Å²) in [4.78, 5) is 14.9. The molecular formula is C17H18ClFN2OS. The van der Waals surface area contributed by atoms with Crippen LogP contribution < -0.4 is 5.32 Å². The zero-order chi connectivity index (χ0) is 16.8. The highest BCUT2D eigenvalue weighted by Crippen LogP contribution is 2.20. The van der Waals surface area contributed by atoms with Crippen molar-refractivity contribution >= 4 is 35.0 Å². The van der Waals surface area contributed by atoms with E-state index in [0.29, 0.717) is 10.6 Å². The second-order valence-electron chi connectivity index (χ2n) is 5.15. The minimum atomic E-state index is -0.364. The summed E-state index contributed by atoms with van der Waals surface area (Å²) in [6, 6.07) is 12.2. The lowest BCUT2D eigenvalue weighted by Crippen LogP contribution is -2.30. The Kier molecular flexibility index (Phi) is 6.45. The molecule has 0 aromatic heterocycles. The van der Waals surface area contributed by atoms with Gasteiger partial charge in [-0.3, -0.25) is 9.69 Å². The number of carbonyl (C=O) groups excluding carboxylic acids is 1. The molecule has 0 fully saturated rings. The second kappa shape index (κ2) is 8.34. The summed E-state index contributed by atoms with van der Waals surface area (Å²) in [5.41, 5.74) is 1.14. The summed E-state index contributed by atoms with van der Waals surface area (Å²) >= 11 is 7.64. The van der Waals surface area contributed by atoms with Gasteiger partial charge >= 0.3 is 0 Å². The van der Waals surface area contributed by atoms with E-state index >= 15 is 0 Å². The molecule has 0 aliphatic heterocycles. The highest BCUT2D eigenvalue weighted by Gasteiger charge is 2.12. The van der Waals surface area contributed by atoms with Crippen molar-refractivity contribution in [2.24, 2.45) is 0 Å². The summed E-state index contributed by atoms with van der Waals surface area (Å²) < 4.78 is 13.8. The SMILES string of the molecule is CSc1ccc(NC(=O)CN(C)Cc2c(F)cccc2Cl)cc1. The van der Waals surface area contributed by atoms with Crippen molar-refractivity contribution in [1.82, 2.24) is 4.90 Å². The number of rotatable bonds is 6. The Morgan fingerprint density at radius 2 is 1.96 bits per heavy atom. The minimum Gasteiger partial charge on any atom is -0.325 e. The number of benzene rings is 2. The smallest absolute Gasteiger partial charge is 0.238 e. The van der Waals surface area contributed by atoms with Gasteiger partial charge in [0.2, 0.25) is 5.91 Å². The van der Waals surface area contributed by atoms with Crippen LogP contribution in [0.5, 0.6) is 0 Å². The number of amides is 1. The molecule has 0 bridgehead atoms. The van der Waals surface area contributed by atoms with Gasteiger partial charge in [-0.1, -0.05) is 17.7 Å². The van der Waals surface area contributed by atoms with E-state index in [-0.39, 0.29) is 24.8 Å².